The fourth-order valence-electron chi connectivity index (χ4n) is 3.77. The SMILES string of the molecule is Cc1ccc(-c2ccsc2C(=O)Nc2ccc(S(=O)(=O)NCCCN3CCOCC3)cc2)cc1. The Morgan fingerprint density at radius 2 is 1.74 bits per heavy atom. The molecule has 2 heterocycles. The molecular weight excluding hydrogens is 470 g/mol. The molecule has 0 aliphatic carbocycles. The van der Waals surface area contributed by atoms with Crippen molar-refractivity contribution < 1.29 is 17.9 Å². The molecule has 0 spiro atoms. The zero-order valence-electron chi connectivity index (χ0n) is 19.1. The maximum absolute atomic E-state index is 12.9. The molecule has 1 aliphatic heterocycles. The summed E-state index contributed by atoms with van der Waals surface area (Å²) in [5.41, 5.74) is 3.56. The molecule has 0 unspecified atom stereocenters. The number of ether oxygens (including phenoxy) is 1. The van der Waals surface area contributed by atoms with Crippen molar-refractivity contribution >= 4 is 33.0 Å². The van der Waals surface area contributed by atoms with E-state index in [0.29, 0.717) is 17.1 Å². The van der Waals surface area contributed by atoms with Crippen LogP contribution in [0.25, 0.3) is 11.1 Å². The minimum atomic E-state index is -3.60. The Morgan fingerprint density at radius 1 is 1.03 bits per heavy atom. The highest BCUT2D eigenvalue weighted by atomic mass is 32.2. The lowest BCUT2D eigenvalue weighted by Crippen LogP contribution is -2.38. The van der Waals surface area contributed by atoms with Crippen molar-refractivity contribution in [3.05, 3.63) is 70.4 Å². The number of hydrogen-bond acceptors (Lipinski definition) is 6. The van der Waals surface area contributed by atoms with Crippen LogP contribution in [0.3, 0.4) is 0 Å². The van der Waals surface area contributed by atoms with Crippen molar-refractivity contribution in [1.82, 2.24) is 9.62 Å². The van der Waals surface area contributed by atoms with E-state index < -0.39 is 10.0 Å². The molecule has 180 valence electrons. The Hall–Kier alpha value is -2.56. The number of nitrogens with zero attached hydrogens (tertiary/aromatic N) is 1. The van der Waals surface area contributed by atoms with Crippen LogP contribution in [0.5, 0.6) is 0 Å². The van der Waals surface area contributed by atoms with Gasteiger partial charge in [-0.2, -0.15) is 0 Å². The van der Waals surface area contributed by atoms with E-state index in [1.54, 1.807) is 12.1 Å². The van der Waals surface area contributed by atoms with E-state index in [1.807, 2.05) is 42.6 Å². The normalized spacial score (nSPS) is 14.7. The number of carbonyl (C=O) groups is 1. The average molecular weight is 500 g/mol. The van der Waals surface area contributed by atoms with Gasteiger partial charge in [-0.1, -0.05) is 29.8 Å². The van der Waals surface area contributed by atoms with Gasteiger partial charge >= 0.3 is 0 Å². The number of carbonyl (C=O) groups excluding carboxylic acids is 1. The molecule has 0 saturated carbocycles. The molecule has 2 aromatic carbocycles. The number of anilines is 1. The smallest absolute Gasteiger partial charge is 0.266 e. The molecule has 0 bridgehead atoms. The van der Waals surface area contributed by atoms with Gasteiger partial charge in [0.15, 0.2) is 0 Å². The molecule has 2 N–H and O–H groups in total. The Balaban J connectivity index is 1.33. The fourth-order valence-corrected chi connectivity index (χ4v) is 5.65. The molecule has 9 heteroatoms. The molecule has 1 amide bonds. The molecule has 34 heavy (non-hydrogen) atoms. The monoisotopic (exact) mass is 499 g/mol. The maximum atomic E-state index is 12.9. The molecule has 0 radical (unpaired) electrons. The number of amides is 1. The van der Waals surface area contributed by atoms with Crippen LogP contribution >= 0.6 is 11.3 Å². The highest BCUT2D eigenvalue weighted by molar-refractivity contribution is 7.89. The van der Waals surface area contributed by atoms with Gasteiger partial charge in [0.05, 0.1) is 23.0 Å². The first-order chi connectivity index (χ1) is 16.4. The van der Waals surface area contributed by atoms with Gasteiger partial charge in [-0.15, -0.1) is 11.3 Å². The van der Waals surface area contributed by atoms with E-state index in [4.69, 9.17) is 4.74 Å². The molecule has 0 atom stereocenters. The van der Waals surface area contributed by atoms with Gasteiger partial charge in [-0.3, -0.25) is 9.69 Å². The van der Waals surface area contributed by atoms with Gasteiger partial charge in [0.25, 0.3) is 5.91 Å². The van der Waals surface area contributed by atoms with E-state index in [-0.39, 0.29) is 10.8 Å². The van der Waals surface area contributed by atoms with E-state index in [0.717, 1.165) is 56.0 Å². The predicted molar refractivity (Wildman–Crippen MR) is 136 cm³/mol. The summed E-state index contributed by atoms with van der Waals surface area (Å²) in [6, 6.07) is 16.2. The van der Waals surface area contributed by atoms with Crippen molar-refractivity contribution in [2.75, 3.05) is 44.7 Å². The Bertz CT molecular complexity index is 1200. The minimum Gasteiger partial charge on any atom is -0.379 e. The number of nitrogens with one attached hydrogen (secondary N) is 2. The van der Waals surface area contributed by atoms with Crippen LogP contribution in [0, 0.1) is 6.92 Å². The summed E-state index contributed by atoms with van der Waals surface area (Å²) >= 11 is 1.38. The minimum absolute atomic E-state index is 0.174. The summed E-state index contributed by atoms with van der Waals surface area (Å²) < 4.78 is 33.2. The van der Waals surface area contributed by atoms with Crippen LogP contribution in [0.4, 0.5) is 5.69 Å². The third kappa shape index (κ3) is 6.31. The van der Waals surface area contributed by atoms with Crippen molar-refractivity contribution in [3.8, 4) is 11.1 Å². The van der Waals surface area contributed by atoms with Crippen molar-refractivity contribution in [2.45, 2.75) is 18.2 Å². The van der Waals surface area contributed by atoms with E-state index in [1.165, 1.54) is 23.5 Å². The van der Waals surface area contributed by atoms with Crippen molar-refractivity contribution in [2.24, 2.45) is 0 Å². The molecule has 1 saturated heterocycles. The largest absolute Gasteiger partial charge is 0.379 e. The first-order valence-corrected chi connectivity index (χ1v) is 13.6. The quantitative estimate of drug-likeness (QED) is 0.435. The number of aryl methyl sites for hydroxylation is 1. The molecule has 1 fully saturated rings. The molecule has 1 aliphatic rings. The zero-order chi connectivity index (χ0) is 24.0. The van der Waals surface area contributed by atoms with Crippen LogP contribution in [-0.2, 0) is 14.8 Å². The molecule has 1 aromatic heterocycles. The first kappa shape index (κ1) is 24.6. The molecule has 3 aromatic rings. The van der Waals surface area contributed by atoms with Gasteiger partial charge in [-0.25, -0.2) is 13.1 Å². The summed E-state index contributed by atoms with van der Waals surface area (Å²) in [5, 5.41) is 4.77. The van der Waals surface area contributed by atoms with Crippen LogP contribution < -0.4 is 10.0 Å². The number of morpholine rings is 1. The van der Waals surface area contributed by atoms with Crippen LogP contribution in [0.15, 0.2) is 64.9 Å². The fraction of sp³-hybridized carbons (Fsp3) is 0.320. The number of benzene rings is 2. The van der Waals surface area contributed by atoms with Crippen LogP contribution in [-0.4, -0.2) is 58.6 Å². The summed E-state index contributed by atoms with van der Waals surface area (Å²) in [5.74, 6) is -0.220. The van der Waals surface area contributed by atoms with E-state index in [9.17, 15) is 13.2 Å². The average Bonchev–Trinajstić information content (AvgIpc) is 3.34. The lowest BCUT2D eigenvalue weighted by atomic mass is 10.0. The summed E-state index contributed by atoms with van der Waals surface area (Å²) in [6.07, 6.45) is 0.734. The van der Waals surface area contributed by atoms with Crippen LogP contribution in [0.1, 0.15) is 21.7 Å². The van der Waals surface area contributed by atoms with Crippen molar-refractivity contribution in [3.63, 3.8) is 0 Å². The third-order valence-electron chi connectivity index (χ3n) is 5.70. The lowest BCUT2D eigenvalue weighted by molar-refractivity contribution is 0.0376. The predicted octanol–water partition coefficient (Wildman–Crippen LogP) is 3.98. The van der Waals surface area contributed by atoms with E-state index >= 15 is 0 Å². The van der Waals surface area contributed by atoms with Gasteiger partial charge < -0.3 is 10.1 Å². The summed E-state index contributed by atoms with van der Waals surface area (Å²) in [4.78, 5) is 15.9. The Labute approximate surface area is 204 Å². The van der Waals surface area contributed by atoms with Gasteiger partial charge in [0.1, 0.15) is 0 Å². The highest BCUT2D eigenvalue weighted by Gasteiger charge is 2.17. The third-order valence-corrected chi connectivity index (χ3v) is 8.09. The summed E-state index contributed by atoms with van der Waals surface area (Å²) in [7, 11) is -3.60. The number of rotatable bonds is 9. The first-order valence-electron chi connectivity index (χ1n) is 11.3. The van der Waals surface area contributed by atoms with Gasteiger partial charge in [0, 0.05) is 30.9 Å². The summed E-state index contributed by atoms with van der Waals surface area (Å²) in [6.45, 7) is 6.47. The second kappa shape index (κ2) is 11.2. The number of hydrogen-bond donors (Lipinski definition) is 2. The van der Waals surface area contributed by atoms with Gasteiger partial charge in [0.2, 0.25) is 10.0 Å². The van der Waals surface area contributed by atoms with E-state index in [2.05, 4.69) is 14.9 Å². The highest BCUT2D eigenvalue weighted by Crippen LogP contribution is 2.29. The standard InChI is InChI=1S/C25H29N3O4S2/c1-19-3-5-20(6-4-19)23-11-18-33-24(23)25(29)27-21-7-9-22(10-8-21)34(30,31)26-12-2-13-28-14-16-32-17-15-28/h3-11,18,26H,2,12-17H2,1H3,(H,27,29). The number of sulfonamides is 1. The van der Waals surface area contributed by atoms with Gasteiger partial charge in [-0.05, 0) is 61.2 Å². The van der Waals surface area contributed by atoms with Crippen LogP contribution in [0.2, 0.25) is 0 Å². The number of thiophene rings is 1. The Kier molecular flexibility index (Phi) is 8.12. The Morgan fingerprint density at radius 3 is 2.44 bits per heavy atom. The molecular formula is C25H29N3O4S2. The second-order valence-corrected chi connectivity index (χ2v) is 10.9. The zero-order valence-corrected chi connectivity index (χ0v) is 20.8. The van der Waals surface area contributed by atoms with Crippen molar-refractivity contribution in [1.29, 1.82) is 0 Å². The maximum Gasteiger partial charge on any atom is 0.266 e. The molecule has 7 nitrogen and oxygen atoms in total. The lowest BCUT2D eigenvalue weighted by Gasteiger charge is -2.26. The molecule has 4 rings (SSSR count). The second-order valence-electron chi connectivity index (χ2n) is 8.21. The topological polar surface area (TPSA) is 87.7 Å².